The molecule has 2 N–H and O–H groups in total. The van der Waals surface area contributed by atoms with E-state index < -0.39 is 10.0 Å². The van der Waals surface area contributed by atoms with E-state index in [2.05, 4.69) is 4.72 Å². The largest absolute Gasteiger partial charge is 0.508 e. The van der Waals surface area contributed by atoms with Crippen molar-refractivity contribution < 1.29 is 13.5 Å². The van der Waals surface area contributed by atoms with Crippen LogP contribution in [-0.2, 0) is 10.0 Å². The molecule has 4 nitrogen and oxygen atoms in total. The van der Waals surface area contributed by atoms with E-state index >= 15 is 0 Å². The first-order valence-electron chi connectivity index (χ1n) is 5.29. The fourth-order valence-corrected chi connectivity index (χ4v) is 3.04. The molecule has 0 saturated carbocycles. The Hall–Kier alpha value is -0.780. The fourth-order valence-electron chi connectivity index (χ4n) is 1.44. The average molecular weight is 278 g/mol. The summed E-state index contributed by atoms with van der Waals surface area (Å²) in [6.07, 6.45) is 0.420. The second-order valence-electron chi connectivity index (χ2n) is 3.80. The molecular weight excluding hydrogens is 262 g/mol. The third-order valence-electron chi connectivity index (χ3n) is 2.27. The minimum Gasteiger partial charge on any atom is -0.508 e. The first-order valence-corrected chi connectivity index (χ1v) is 7.48. The molecule has 0 heterocycles. The van der Waals surface area contributed by atoms with Crippen LogP contribution in [0.2, 0.25) is 0 Å². The van der Waals surface area contributed by atoms with Crippen molar-refractivity contribution in [2.75, 3.05) is 11.6 Å². The molecule has 0 aliphatic carbocycles. The second kappa shape index (κ2) is 6.23. The molecule has 0 spiro atoms. The molecule has 0 radical (unpaired) electrons. The molecule has 0 aromatic heterocycles. The molecule has 6 heteroatoms. The Morgan fingerprint density at radius 1 is 1.47 bits per heavy atom. The van der Waals surface area contributed by atoms with Gasteiger partial charge in [-0.2, -0.15) is 0 Å². The highest BCUT2D eigenvalue weighted by Crippen LogP contribution is 2.18. The Balaban J connectivity index is 2.69. The number of sulfonamides is 1. The summed E-state index contributed by atoms with van der Waals surface area (Å²) in [6.45, 7) is 1.73. The Labute approximate surface area is 107 Å². The molecule has 96 valence electrons. The van der Waals surface area contributed by atoms with Gasteiger partial charge < -0.3 is 5.11 Å². The number of alkyl halides is 1. The van der Waals surface area contributed by atoms with Crippen molar-refractivity contribution in [2.24, 2.45) is 0 Å². The van der Waals surface area contributed by atoms with Crippen molar-refractivity contribution >= 4 is 21.6 Å². The Morgan fingerprint density at radius 3 is 2.76 bits per heavy atom. The zero-order valence-corrected chi connectivity index (χ0v) is 11.1. The summed E-state index contributed by atoms with van der Waals surface area (Å²) in [6, 6.07) is 6.14. The molecule has 0 bridgehead atoms. The van der Waals surface area contributed by atoms with Gasteiger partial charge in [0, 0.05) is 11.9 Å². The number of hydrogen-bond donors (Lipinski definition) is 2. The van der Waals surface area contributed by atoms with Crippen LogP contribution in [0.3, 0.4) is 0 Å². The summed E-state index contributed by atoms with van der Waals surface area (Å²) in [4.78, 5) is 0. The second-order valence-corrected chi connectivity index (χ2v) is 6.05. The number of phenolic OH excluding ortho intramolecular Hbond substituents is 1. The van der Waals surface area contributed by atoms with Gasteiger partial charge in [0.2, 0.25) is 10.0 Å². The highest BCUT2D eigenvalue weighted by molar-refractivity contribution is 7.89. The van der Waals surface area contributed by atoms with Crippen molar-refractivity contribution in [3.63, 3.8) is 0 Å². The van der Waals surface area contributed by atoms with E-state index in [0.717, 1.165) is 5.56 Å². The van der Waals surface area contributed by atoms with E-state index in [-0.39, 0.29) is 17.5 Å². The molecule has 1 atom stereocenters. The summed E-state index contributed by atoms with van der Waals surface area (Å²) in [5.74, 6) is 0.454. The molecule has 17 heavy (non-hydrogen) atoms. The van der Waals surface area contributed by atoms with Gasteiger partial charge in [-0.25, -0.2) is 13.1 Å². The highest BCUT2D eigenvalue weighted by atomic mass is 35.5. The maximum Gasteiger partial charge on any atom is 0.212 e. The van der Waals surface area contributed by atoms with E-state index in [1.165, 1.54) is 12.1 Å². The van der Waals surface area contributed by atoms with Crippen molar-refractivity contribution in [3.8, 4) is 5.75 Å². The number of hydrogen-bond acceptors (Lipinski definition) is 3. The third kappa shape index (κ3) is 4.93. The number of halogens is 1. The van der Waals surface area contributed by atoms with E-state index in [1.807, 2.05) is 0 Å². The molecular formula is C11H16ClNO3S. The summed E-state index contributed by atoms with van der Waals surface area (Å²) in [7, 11) is -3.32. The predicted molar refractivity (Wildman–Crippen MR) is 68.8 cm³/mol. The minimum atomic E-state index is -3.32. The lowest BCUT2D eigenvalue weighted by Gasteiger charge is -2.14. The molecule has 1 aromatic rings. The molecule has 0 saturated heterocycles. The molecule has 1 aromatic carbocycles. The summed E-state index contributed by atoms with van der Waals surface area (Å²) >= 11 is 5.46. The Kier molecular flexibility index (Phi) is 5.24. The fraction of sp³-hybridized carbons (Fsp3) is 0.455. The lowest BCUT2D eigenvalue weighted by Crippen LogP contribution is -2.29. The van der Waals surface area contributed by atoms with Gasteiger partial charge in [0.25, 0.3) is 0 Å². The molecule has 1 unspecified atom stereocenters. The Morgan fingerprint density at radius 2 is 2.18 bits per heavy atom. The lowest BCUT2D eigenvalue weighted by atomic mass is 10.1. The quantitative estimate of drug-likeness (QED) is 0.782. The van der Waals surface area contributed by atoms with Gasteiger partial charge in [0.1, 0.15) is 5.75 Å². The van der Waals surface area contributed by atoms with Crippen LogP contribution in [-0.4, -0.2) is 25.2 Å². The van der Waals surface area contributed by atoms with Crippen LogP contribution >= 0.6 is 11.6 Å². The minimum absolute atomic E-state index is 0.0135. The van der Waals surface area contributed by atoms with Crippen LogP contribution in [0.1, 0.15) is 24.9 Å². The van der Waals surface area contributed by atoms with E-state index in [1.54, 1.807) is 19.1 Å². The SMILES string of the molecule is CC(NS(=O)(=O)CCCCl)c1cccc(O)c1. The van der Waals surface area contributed by atoms with Gasteiger partial charge in [-0.1, -0.05) is 12.1 Å². The van der Waals surface area contributed by atoms with Crippen LogP contribution in [0.4, 0.5) is 0 Å². The van der Waals surface area contributed by atoms with Crippen LogP contribution < -0.4 is 4.72 Å². The molecule has 0 aliphatic heterocycles. The van der Waals surface area contributed by atoms with Gasteiger partial charge in [-0.15, -0.1) is 11.6 Å². The van der Waals surface area contributed by atoms with Crippen LogP contribution in [0, 0.1) is 0 Å². The predicted octanol–water partition coefficient (Wildman–Crippen LogP) is 2.00. The number of rotatable bonds is 6. The average Bonchev–Trinajstić information content (AvgIpc) is 2.26. The summed E-state index contributed by atoms with van der Waals surface area (Å²) < 4.78 is 25.8. The van der Waals surface area contributed by atoms with Crippen LogP contribution in [0.5, 0.6) is 5.75 Å². The number of aromatic hydroxyl groups is 1. The van der Waals surface area contributed by atoms with Crippen molar-refractivity contribution in [1.82, 2.24) is 4.72 Å². The van der Waals surface area contributed by atoms with Crippen molar-refractivity contribution in [3.05, 3.63) is 29.8 Å². The van der Waals surface area contributed by atoms with Gasteiger partial charge in [0.15, 0.2) is 0 Å². The van der Waals surface area contributed by atoms with E-state index in [4.69, 9.17) is 11.6 Å². The monoisotopic (exact) mass is 277 g/mol. The maximum atomic E-state index is 11.6. The lowest BCUT2D eigenvalue weighted by molar-refractivity contribution is 0.473. The van der Waals surface area contributed by atoms with E-state index in [9.17, 15) is 13.5 Å². The van der Waals surface area contributed by atoms with Crippen LogP contribution in [0.15, 0.2) is 24.3 Å². The Bertz CT molecular complexity index is 462. The summed E-state index contributed by atoms with van der Waals surface area (Å²) in [5.41, 5.74) is 0.722. The zero-order chi connectivity index (χ0) is 12.9. The first kappa shape index (κ1) is 14.3. The van der Waals surface area contributed by atoms with Gasteiger partial charge in [-0.05, 0) is 31.0 Å². The standard InChI is InChI=1S/C11H16ClNO3S/c1-9(10-4-2-5-11(14)8-10)13-17(15,16)7-3-6-12/h2,4-5,8-9,13-14H,3,6-7H2,1H3. The van der Waals surface area contributed by atoms with E-state index in [0.29, 0.717) is 12.3 Å². The van der Waals surface area contributed by atoms with Crippen LogP contribution in [0.25, 0.3) is 0 Å². The molecule has 1 rings (SSSR count). The van der Waals surface area contributed by atoms with Gasteiger partial charge >= 0.3 is 0 Å². The normalized spacial score (nSPS) is 13.5. The van der Waals surface area contributed by atoms with Crippen molar-refractivity contribution in [2.45, 2.75) is 19.4 Å². The molecule has 0 aliphatic rings. The first-order chi connectivity index (χ1) is 7.94. The molecule has 0 amide bonds. The zero-order valence-electron chi connectivity index (χ0n) is 9.56. The summed E-state index contributed by atoms with van der Waals surface area (Å²) in [5, 5.41) is 9.31. The highest BCUT2D eigenvalue weighted by Gasteiger charge is 2.15. The van der Waals surface area contributed by atoms with Gasteiger partial charge in [0.05, 0.1) is 5.75 Å². The van der Waals surface area contributed by atoms with Crippen molar-refractivity contribution in [1.29, 1.82) is 0 Å². The maximum absolute atomic E-state index is 11.6. The topological polar surface area (TPSA) is 66.4 Å². The number of phenols is 1. The smallest absolute Gasteiger partial charge is 0.212 e. The third-order valence-corrected chi connectivity index (χ3v) is 4.08. The number of benzene rings is 1. The van der Waals surface area contributed by atoms with Gasteiger partial charge in [-0.3, -0.25) is 0 Å². The number of nitrogens with one attached hydrogen (secondary N) is 1. The molecule has 0 fully saturated rings.